The molecular weight excluding hydrogens is 282 g/mol. The summed E-state index contributed by atoms with van der Waals surface area (Å²) in [5.41, 5.74) is 0. The first-order valence-corrected chi connectivity index (χ1v) is 6.83. The zero-order chi connectivity index (χ0) is 13.6. The lowest BCUT2D eigenvalue weighted by atomic mass is 10.3. The van der Waals surface area contributed by atoms with Crippen LogP contribution < -0.4 is 9.62 Å². The summed E-state index contributed by atoms with van der Waals surface area (Å²) in [6, 6.07) is 4.11. The Balaban J connectivity index is 2.76. The van der Waals surface area contributed by atoms with Gasteiger partial charge in [-0.3, -0.25) is 4.84 Å². The van der Waals surface area contributed by atoms with Crippen LogP contribution in [0.4, 0.5) is 0 Å². The molecule has 0 atom stereocenters. The van der Waals surface area contributed by atoms with E-state index in [2.05, 4.69) is 0 Å². The molecule has 1 aromatic carbocycles. The summed E-state index contributed by atoms with van der Waals surface area (Å²) in [7, 11) is -0.823. The molecule has 0 radical (unpaired) electrons. The van der Waals surface area contributed by atoms with E-state index in [1.165, 1.54) is 32.4 Å². The third kappa shape index (κ3) is 4.11. The molecular formula is C10H14ClNO5S. The second-order valence-electron chi connectivity index (χ2n) is 3.22. The molecule has 1 rings (SSSR count). The molecule has 0 aliphatic heterocycles. The molecule has 6 nitrogen and oxygen atoms in total. The summed E-state index contributed by atoms with van der Waals surface area (Å²) in [6.45, 7) is 0.394. The van der Waals surface area contributed by atoms with Gasteiger partial charge in [0.15, 0.2) is 0 Å². The van der Waals surface area contributed by atoms with Gasteiger partial charge in [-0.05, 0) is 18.2 Å². The van der Waals surface area contributed by atoms with Gasteiger partial charge in [-0.15, -0.1) is 0 Å². The van der Waals surface area contributed by atoms with Gasteiger partial charge in [-0.2, -0.15) is 0 Å². The number of hydrogen-bond acceptors (Lipinski definition) is 5. The zero-order valence-electron chi connectivity index (χ0n) is 9.97. The van der Waals surface area contributed by atoms with Crippen LogP contribution in [0.25, 0.3) is 0 Å². The minimum Gasteiger partial charge on any atom is -0.495 e. The average Bonchev–Trinajstić information content (AvgIpc) is 2.34. The largest absolute Gasteiger partial charge is 0.495 e. The fourth-order valence-electron chi connectivity index (χ4n) is 1.11. The number of sulfonamides is 1. The van der Waals surface area contributed by atoms with Gasteiger partial charge in [0.25, 0.3) is 10.0 Å². The van der Waals surface area contributed by atoms with Crippen LogP contribution in [0.15, 0.2) is 23.1 Å². The number of halogens is 1. The van der Waals surface area contributed by atoms with Crippen LogP contribution in [0, 0.1) is 0 Å². The Kier molecular flexibility index (Phi) is 5.83. The number of benzene rings is 1. The highest BCUT2D eigenvalue weighted by Crippen LogP contribution is 2.26. The van der Waals surface area contributed by atoms with E-state index in [1.54, 1.807) is 0 Å². The Labute approximate surface area is 111 Å². The highest BCUT2D eigenvalue weighted by atomic mass is 35.5. The molecule has 18 heavy (non-hydrogen) atoms. The summed E-state index contributed by atoms with van der Waals surface area (Å²) in [5, 5.41) is 0.206. The molecule has 0 fully saturated rings. The smallest absolute Gasteiger partial charge is 0.262 e. The van der Waals surface area contributed by atoms with E-state index < -0.39 is 10.0 Å². The number of hydrogen-bond donors (Lipinski definition) is 1. The Morgan fingerprint density at radius 2 is 2.00 bits per heavy atom. The van der Waals surface area contributed by atoms with Crippen molar-refractivity contribution in [3.8, 4) is 5.75 Å². The average molecular weight is 296 g/mol. The van der Waals surface area contributed by atoms with Crippen LogP contribution in [0.1, 0.15) is 0 Å². The predicted molar refractivity (Wildman–Crippen MR) is 66.2 cm³/mol. The van der Waals surface area contributed by atoms with Crippen LogP contribution in [0.5, 0.6) is 5.75 Å². The molecule has 0 unspecified atom stereocenters. The van der Waals surface area contributed by atoms with Crippen molar-refractivity contribution < 1.29 is 22.7 Å². The van der Waals surface area contributed by atoms with E-state index in [1.807, 2.05) is 4.89 Å². The minimum absolute atomic E-state index is 0.00860. The molecule has 0 aliphatic carbocycles. The summed E-state index contributed by atoms with van der Waals surface area (Å²) < 4.78 is 33.2. The van der Waals surface area contributed by atoms with Crippen molar-refractivity contribution >= 4 is 21.6 Å². The molecule has 0 spiro atoms. The van der Waals surface area contributed by atoms with Crippen molar-refractivity contribution in [2.24, 2.45) is 0 Å². The zero-order valence-corrected chi connectivity index (χ0v) is 11.5. The van der Waals surface area contributed by atoms with E-state index in [0.717, 1.165) is 0 Å². The maximum absolute atomic E-state index is 11.8. The molecule has 0 saturated heterocycles. The Morgan fingerprint density at radius 1 is 1.28 bits per heavy atom. The maximum Gasteiger partial charge on any atom is 0.262 e. The lowest BCUT2D eigenvalue weighted by Gasteiger charge is -2.08. The third-order valence-corrected chi connectivity index (χ3v) is 3.50. The van der Waals surface area contributed by atoms with Gasteiger partial charge >= 0.3 is 0 Å². The first kappa shape index (κ1) is 15.2. The van der Waals surface area contributed by atoms with Crippen molar-refractivity contribution in [1.82, 2.24) is 4.89 Å². The van der Waals surface area contributed by atoms with Crippen LogP contribution in [-0.2, 0) is 19.6 Å². The van der Waals surface area contributed by atoms with Crippen LogP contribution in [0.2, 0.25) is 5.02 Å². The molecule has 1 N–H and O–H groups in total. The first-order chi connectivity index (χ1) is 8.51. The highest BCUT2D eigenvalue weighted by molar-refractivity contribution is 7.89. The van der Waals surface area contributed by atoms with Gasteiger partial charge in [0.05, 0.1) is 30.2 Å². The second kappa shape index (κ2) is 6.91. The van der Waals surface area contributed by atoms with Gasteiger partial charge in [-0.25, -0.2) is 8.42 Å². The van der Waals surface area contributed by atoms with E-state index in [-0.39, 0.29) is 23.1 Å². The second-order valence-corrected chi connectivity index (χ2v) is 5.28. The molecule has 0 amide bonds. The van der Waals surface area contributed by atoms with Gasteiger partial charge < -0.3 is 9.47 Å². The molecule has 8 heteroatoms. The molecule has 0 saturated carbocycles. The van der Waals surface area contributed by atoms with Crippen LogP contribution in [0.3, 0.4) is 0 Å². The maximum atomic E-state index is 11.8. The van der Waals surface area contributed by atoms with Gasteiger partial charge in [0.1, 0.15) is 5.75 Å². The molecule has 0 heterocycles. The van der Waals surface area contributed by atoms with E-state index in [9.17, 15) is 8.42 Å². The summed E-state index contributed by atoms with van der Waals surface area (Å²) in [5.74, 6) is 0.399. The fraction of sp³-hybridized carbons (Fsp3) is 0.400. The SMILES string of the molecule is COCCONS(=O)(=O)c1ccc(OC)c(Cl)c1. The van der Waals surface area contributed by atoms with Crippen molar-refractivity contribution in [3.05, 3.63) is 23.2 Å². The standard InChI is InChI=1S/C10H14ClNO5S/c1-15-5-6-17-12-18(13,14)8-3-4-10(16-2)9(11)7-8/h3-4,7,12H,5-6H2,1-2H3. The summed E-state index contributed by atoms with van der Waals surface area (Å²) in [4.78, 5) is 6.71. The normalized spacial score (nSPS) is 11.5. The van der Waals surface area contributed by atoms with Gasteiger partial charge in [-0.1, -0.05) is 16.5 Å². The highest BCUT2D eigenvalue weighted by Gasteiger charge is 2.16. The Morgan fingerprint density at radius 3 is 2.56 bits per heavy atom. The van der Waals surface area contributed by atoms with Crippen molar-refractivity contribution in [2.75, 3.05) is 27.4 Å². The lowest BCUT2D eigenvalue weighted by molar-refractivity contribution is 0.0438. The molecule has 102 valence electrons. The van der Waals surface area contributed by atoms with E-state index >= 15 is 0 Å². The Hall–Kier alpha value is -0.860. The Bertz CT molecular complexity index is 491. The molecule has 1 aromatic rings. The quantitative estimate of drug-likeness (QED) is 0.604. The summed E-state index contributed by atoms with van der Waals surface area (Å²) in [6.07, 6.45) is 0. The van der Waals surface area contributed by atoms with Crippen LogP contribution >= 0.6 is 11.6 Å². The van der Waals surface area contributed by atoms with Crippen molar-refractivity contribution in [3.63, 3.8) is 0 Å². The monoisotopic (exact) mass is 295 g/mol. The predicted octanol–water partition coefficient (Wildman–Crippen LogP) is 1.20. The molecule has 0 bridgehead atoms. The first-order valence-electron chi connectivity index (χ1n) is 4.97. The number of ether oxygens (including phenoxy) is 2. The number of rotatable bonds is 7. The third-order valence-electron chi connectivity index (χ3n) is 1.99. The number of methoxy groups -OCH3 is 2. The molecule has 0 aromatic heterocycles. The lowest BCUT2D eigenvalue weighted by Crippen LogP contribution is -2.25. The minimum atomic E-state index is -3.76. The van der Waals surface area contributed by atoms with Crippen molar-refractivity contribution in [1.29, 1.82) is 0 Å². The van der Waals surface area contributed by atoms with Gasteiger partial charge in [0.2, 0.25) is 0 Å². The summed E-state index contributed by atoms with van der Waals surface area (Å²) >= 11 is 5.84. The fourth-order valence-corrected chi connectivity index (χ4v) is 2.28. The topological polar surface area (TPSA) is 73.9 Å². The van der Waals surface area contributed by atoms with Crippen LogP contribution in [-0.4, -0.2) is 35.9 Å². The van der Waals surface area contributed by atoms with Crippen molar-refractivity contribution in [2.45, 2.75) is 4.90 Å². The van der Waals surface area contributed by atoms with Gasteiger partial charge in [0, 0.05) is 7.11 Å². The number of nitrogens with one attached hydrogen (secondary N) is 1. The van der Waals surface area contributed by atoms with E-state index in [0.29, 0.717) is 5.75 Å². The molecule has 0 aliphatic rings. The van der Waals surface area contributed by atoms with E-state index in [4.69, 9.17) is 25.9 Å².